The molecule has 0 amide bonds. The molecule has 1 heterocycles. The van der Waals surface area contributed by atoms with Gasteiger partial charge in [0.15, 0.2) is 0 Å². The summed E-state index contributed by atoms with van der Waals surface area (Å²) in [5.74, 6) is 0.552. The second-order valence-corrected chi connectivity index (χ2v) is 5.10. The van der Waals surface area contributed by atoms with Crippen LogP contribution in [-0.4, -0.2) is 23.2 Å². The van der Waals surface area contributed by atoms with E-state index in [1.165, 1.54) is 12.8 Å². The van der Waals surface area contributed by atoms with Crippen molar-refractivity contribution in [3.63, 3.8) is 0 Å². The molecule has 1 atom stereocenters. The molecule has 18 heavy (non-hydrogen) atoms. The van der Waals surface area contributed by atoms with Crippen LogP contribution in [0, 0.1) is 0 Å². The lowest BCUT2D eigenvalue weighted by molar-refractivity contribution is -0.0524. The lowest BCUT2D eigenvalue weighted by Gasteiger charge is -2.35. The SMILES string of the molecule is CCOC1(C(N)Cc2ccnc(N)c2)CCCC1. The van der Waals surface area contributed by atoms with Crippen LogP contribution in [0.4, 0.5) is 5.82 Å². The van der Waals surface area contributed by atoms with Crippen LogP contribution in [0.15, 0.2) is 18.3 Å². The number of nitrogens with two attached hydrogens (primary N) is 2. The third kappa shape index (κ3) is 2.82. The zero-order valence-electron chi connectivity index (χ0n) is 11.1. The van der Waals surface area contributed by atoms with Gasteiger partial charge in [-0.3, -0.25) is 0 Å². The van der Waals surface area contributed by atoms with E-state index in [2.05, 4.69) is 4.98 Å². The van der Waals surface area contributed by atoms with Crippen molar-refractivity contribution >= 4 is 5.82 Å². The van der Waals surface area contributed by atoms with Crippen LogP contribution < -0.4 is 11.5 Å². The molecule has 0 aromatic carbocycles. The Morgan fingerprint density at radius 2 is 2.17 bits per heavy atom. The predicted molar refractivity (Wildman–Crippen MR) is 73.2 cm³/mol. The topological polar surface area (TPSA) is 74.2 Å². The quantitative estimate of drug-likeness (QED) is 0.835. The van der Waals surface area contributed by atoms with Crippen molar-refractivity contribution in [2.45, 2.75) is 50.7 Å². The van der Waals surface area contributed by atoms with Gasteiger partial charge in [0, 0.05) is 18.8 Å². The van der Waals surface area contributed by atoms with E-state index in [4.69, 9.17) is 16.2 Å². The van der Waals surface area contributed by atoms with Gasteiger partial charge in [-0.25, -0.2) is 4.98 Å². The molecule has 4 nitrogen and oxygen atoms in total. The summed E-state index contributed by atoms with van der Waals surface area (Å²) in [4.78, 5) is 4.00. The first-order valence-corrected chi connectivity index (χ1v) is 6.76. The van der Waals surface area contributed by atoms with E-state index in [0.29, 0.717) is 5.82 Å². The Morgan fingerprint density at radius 3 is 2.78 bits per heavy atom. The minimum Gasteiger partial charge on any atom is -0.384 e. The Morgan fingerprint density at radius 1 is 1.44 bits per heavy atom. The van der Waals surface area contributed by atoms with E-state index in [1.54, 1.807) is 6.20 Å². The average Bonchev–Trinajstić information content (AvgIpc) is 2.79. The van der Waals surface area contributed by atoms with Gasteiger partial charge in [0.1, 0.15) is 5.82 Å². The van der Waals surface area contributed by atoms with Gasteiger partial charge in [0.05, 0.1) is 5.60 Å². The molecule has 100 valence electrons. The Kier molecular flexibility index (Phi) is 4.19. The molecule has 1 aromatic heterocycles. The summed E-state index contributed by atoms with van der Waals surface area (Å²) in [6.07, 6.45) is 7.11. The summed E-state index contributed by atoms with van der Waals surface area (Å²) in [7, 11) is 0. The molecule has 1 aliphatic carbocycles. The van der Waals surface area contributed by atoms with E-state index in [1.807, 2.05) is 19.1 Å². The number of aromatic nitrogens is 1. The largest absolute Gasteiger partial charge is 0.384 e. The zero-order chi connectivity index (χ0) is 13.0. The highest BCUT2D eigenvalue weighted by atomic mass is 16.5. The number of nitrogens with zero attached hydrogens (tertiary/aromatic N) is 1. The molecular weight excluding hydrogens is 226 g/mol. The van der Waals surface area contributed by atoms with Crippen LogP contribution in [0.3, 0.4) is 0 Å². The molecule has 1 fully saturated rings. The molecule has 0 spiro atoms. The zero-order valence-corrected chi connectivity index (χ0v) is 11.1. The first-order valence-electron chi connectivity index (χ1n) is 6.76. The predicted octanol–water partition coefficient (Wildman–Crippen LogP) is 1.88. The van der Waals surface area contributed by atoms with Gasteiger partial charge in [0.25, 0.3) is 0 Å². The summed E-state index contributed by atoms with van der Waals surface area (Å²) >= 11 is 0. The Hall–Kier alpha value is -1.13. The highest BCUT2D eigenvalue weighted by molar-refractivity contribution is 5.32. The molecule has 1 aliphatic rings. The van der Waals surface area contributed by atoms with Crippen LogP contribution in [0.5, 0.6) is 0 Å². The molecule has 0 bridgehead atoms. The highest BCUT2D eigenvalue weighted by Gasteiger charge is 2.40. The van der Waals surface area contributed by atoms with E-state index in [9.17, 15) is 0 Å². The van der Waals surface area contributed by atoms with E-state index >= 15 is 0 Å². The van der Waals surface area contributed by atoms with Gasteiger partial charge < -0.3 is 16.2 Å². The van der Waals surface area contributed by atoms with E-state index in [-0.39, 0.29) is 11.6 Å². The lowest BCUT2D eigenvalue weighted by atomic mass is 9.88. The second-order valence-electron chi connectivity index (χ2n) is 5.10. The summed E-state index contributed by atoms with van der Waals surface area (Å²) in [5, 5.41) is 0. The molecule has 1 aromatic rings. The number of ether oxygens (including phenoxy) is 1. The monoisotopic (exact) mass is 249 g/mol. The van der Waals surface area contributed by atoms with Crippen molar-refractivity contribution in [1.82, 2.24) is 4.98 Å². The fourth-order valence-electron chi connectivity index (χ4n) is 2.94. The number of anilines is 1. The maximum atomic E-state index is 6.40. The fourth-order valence-corrected chi connectivity index (χ4v) is 2.94. The number of nitrogen functional groups attached to an aromatic ring is 1. The minimum atomic E-state index is -0.132. The number of rotatable bonds is 5. The molecule has 0 aliphatic heterocycles. The normalized spacial score (nSPS) is 19.9. The van der Waals surface area contributed by atoms with Gasteiger partial charge >= 0.3 is 0 Å². The van der Waals surface area contributed by atoms with Crippen molar-refractivity contribution in [2.75, 3.05) is 12.3 Å². The standard InChI is InChI=1S/C14H23N3O/c1-2-18-14(6-3-4-7-14)12(15)9-11-5-8-17-13(16)10-11/h5,8,10,12H,2-4,6-7,9,15H2,1H3,(H2,16,17). The molecule has 4 N–H and O–H groups in total. The third-order valence-corrected chi connectivity index (χ3v) is 3.86. The van der Waals surface area contributed by atoms with Gasteiger partial charge in [-0.2, -0.15) is 0 Å². The summed E-state index contributed by atoms with van der Waals surface area (Å²) in [6.45, 7) is 2.77. The van der Waals surface area contributed by atoms with Gasteiger partial charge in [-0.1, -0.05) is 12.8 Å². The first-order chi connectivity index (χ1) is 8.66. The molecule has 0 saturated heterocycles. The molecule has 2 rings (SSSR count). The van der Waals surface area contributed by atoms with Crippen molar-refractivity contribution in [2.24, 2.45) is 5.73 Å². The first kappa shape index (κ1) is 13.3. The minimum absolute atomic E-state index is 0.0294. The van der Waals surface area contributed by atoms with Gasteiger partial charge in [0.2, 0.25) is 0 Å². The highest BCUT2D eigenvalue weighted by Crippen LogP contribution is 2.36. The van der Waals surface area contributed by atoms with Crippen LogP contribution in [0.2, 0.25) is 0 Å². The second kappa shape index (κ2) is 5.67. The molecule has 1 saturated carbocycles. The van der Waals surface area contributed by atoms with Crippen LogP contribution >= 0.6 is 0 Å². The number of hydrogen-bond donors (Lipinski definition) is 2. The third-order valence-electron chi connectivity index (χ3n) is 3.86. The maximum absolute atomic E-state index is 6.40. The Bertz CT molecular complexity index is 388. The van der Waals surface area contributed by atoms with Crippen molar-refractivity contribution < 1.29 is 4.74 Å². The summed E-state index contributed by atoms with van der Waals surface area (Å²) in [5.41, 5.74) is 13.1. The molecular formula is C14H23N3O. The van der Waals surface area contributed by atoms with E-state index < -0.39 is 0 Å². The summed E-state index contributed by atoms with van der Waals surface area (Å²) in [6, 6.07) is 3.90. The summed E-state index contributed by atoms with van der Waals surface area (Å²) < 4.78 is 5.98. The molecule has 0 radical (unpaired) electrons. The van der Waals surface area contributed by atoms with Crippen molar-refractivity contribution in [3.05, 3.63) is 23.9 Å². The van der Waals surface area contributed by atoms with Crippen LogP contribution in [0.1, 0.15) is 38.2 Å². The van der Waals surface area contributed by atoms with Crippen molar-refractivity contribution in [1.29, 1.82) is 0 Å². The number of hydrogen-bond acceptors (Lipinski definition) is 4. The average molecular weight is 249 g/mol. The Labute approximate surface area is 109 Å². The maximum Gasteiger partial charge on any atom is 0.123 e. The molecule has 1 unspecified atom stereocenters. The lowest BCUT2D eigenvalue weighted by Crippen LogP contribution is -2.49. The van der Waals surface area contributed by atoms with Crippen molar-refractivity contribution in [3.8, 4) is 0 Å². The van der Waals surface area contributed by atoms with Crippen LogP contribution in [0.25, 0.3) is 0 Å². The number of pyridine rings is 1. The van der Waals surface area contributed by atoms with Gasteiger partial charge in [-0.15, -0.1) is 0 Å². The smallest absolute Gasteiger partial charge is 0.123 e. The Balaban J connectivity index is 2.07. The van der Waals surface area contributed by atoms with Gasteiger partial charge in [-0.05, 0) is 43.9 Å². The fraction of sp³-hybridized carbons (Fsp3) is 0.643. The van der Waals surface area contributed by atoms with E-state index in [0.717, 1.165) is 31.4 Å². The van der Waals surface area contributed by atoms with Crippen LogP contribution in [-0.2, 0) is 11.2 Å². The molecule has 4 heteroatoms.